The molecule has 0 aliphatic carbocycles. The lowest BCUT2D eigenvalue weighted by Crippen LogP contribution is -2.08. The zero-order valence-corrected chi connectivity index (χ0v) is 10.4. The van der Waals surface area contributed by atoms with Crippen LogP contribution in [0.25, 0.3) is 5.65 Å². The number of aromatic nitrogens is 3. The molecule has 4 nitrogen and oxygen atoms in total. The third-order valence-electron chi connectivity index (χ3n) is 2.97. The normalized spacial score (nSPS) is 12.5. The lowest BCUT2D eigenvalue weighted by Gasteiger charge is -2.15. The topological polar surface area (TPSA) is 42.2 Å². The molecular weight excluding hydrogens is 243 g/mol. The van der Waals surface area contributed by atoms with E-state index in [0.29, 0.717) is 0 Å². The maximum absolute atomic E-state index is 13.2. The minimum absolute atomic E-state index is 0.0198. The average molecular weight is 256 g/mol. The van der Waals surface area contributed by atoms with Crippen LogP contribution in [-0.2, 0) is 0 Å². The van der Waals surface area contributed by atoms with Crippen LogP contribution in [0.1, 0.15) is 18.5 Å². The van der Waals surface area contributed by atoms with Crippen molar-refractivity contribution in [3.8, 4) is 0 Å². The average Bonchev–Trinajstić information content (AvgIpc) is 2.86. The van der Waals surface area contributed by atoms with Gasteiger partial charge in [-0.25, -0.2) is 13.9 Å². The summed E-state index contributed by atoms with van der Waals surface area (Å²) in [6.45, 7) is 1.97. The Morgan fingerprint density at radius 3 is 3.00 bits per heavy atom. The molecule has 0 spiro atoms. The van der Waals surface area contributed by atoms with Crippen molar-refractivity contribution in [2.75, 3.05) is 5.32 Å². The van der Waals surface area contributed by atoms with Gasteiger partial charge in [-0.2, -0.15) is 5.10 Å². The molecule has 3 aromatic rings. The number of hydrogen-bond donors (Lipinski definition) is 1. The van der Waals surface area contributed by atoms with Crippen molar-refractivity contribution in [3.05, 3.63) is 60.2 Å². The summed E-state index contributed by atoms with van der Waals surface area (Å²) in [5.41, 5.74) is 1.66. The molecule has 0 saturated carbocycles. The second-order valence-electron chi connectivity index (χ2n) is 4.37. The lowest BCUT2D eigenvalue weighted by molar-refractivity contribution is 0.623. The summed E-state index contributed by atoms with van der Waals surface area (Å²) in [5.74, 6) is 0.509. The van der Waals surface area contributed by atoms with Gasteiger partial charge in [-0.05, 0) is 30.7 Å². The smallest absolute Gasteiger partial charge is 0.157 e. The zero-order valence-electron chi connectivity index (χ0n) is 10.4. The molecule has 0 aliphatic heterocycles. The third-order valence-corrected chi connectivity index (χ3v) is 2.97. The molecular formula is C14H13FN4. The fourth-order valence-electron chi connectivity index (χ4n) is 1.97. The molecule has 19 heavy (non-hydrogen) atoms. The molecule has 2 heterocycles. The van der Waals surface area contributed by atoms with Gasteiger partial charge in [0.05, 0.1) is 12.2 Å². The minimum atomic E-state index is -0.231. The van der Waals surface area contributed by atoms with Gasteiger partial charge < -0.3 is 5.32 Å². The summed E-state index contributed by atoms with van der Waals surface area (Å²) in [4.78, 5) is 4.42. The fourth-order valence-corrected chi connectivity index (χ4v) is 1.97. The Morgan fingerprint density at radius 2 is 2.16 bits per heavy atom. The van der Waals surface area contributed by atoms with E-state index in [1.54, 1.807) is 16.8 Å². The SMILES string of the molecule is CC(Nc1ccn2nccc2n1)c1cccc(F)c1. The van der Waals surface area contributed by atoms with Gasteiger partial charge in [0, 0.05) is 12.3 Å². The van der Waals surface area contributed by atoms with Crippen LogP contribution in [0.2, 0.25) is 0 Å². The highest BCUT2D eigenvalue weighted by Crippen LogP contribution is 2.18. The summed E-state index contributed by atoms with van der Waals surface area (Å²) in [7, 11) is 0. The number of hydrogen-bond acceptors (Lipinski definition) is 3. The lowest BCUT2D eigenvalue weighted by atomic mass is 10.1. The van der Waals surface area contributed by atoms with Gasteiger partial charge in [-0.15, -0.1) is 0 Å². The molecule has 3 rings (SSSR count). The van der Waals surface area contributed by atoms with E-state index >= 15 is 0 Å². The van der Waals surface area contributed by atoms with Crippen molar-refractivity contribution in [3.63, 3.8) is 0 Å². The summed E-state index contributed by atoms with van der Waals surface area (Å²) in [6, 6.07) is 10.2. The summed E-state index contributed by atoms with van der Waals surface area (Å²) < 4.78 is 14.9. The molecule has 0 aliphatic rings. The van der Waals surface area contributed by atoms with Gasteiger partial charge in [0.1, 0.15) is 11.6 Å². The van der Waals surface area contributed by atoms with E-state index < -0.39 is 0 Å². The van der Waals surface area contributed by atoms with Crippen molar-refractivity contribution in [1.82, 2.24) is 14.6 Å². The van der Waals surface area contributed by atoms with E-state index in [-0.39, 0.29) is 11.9 Å². The summed E-state index contributed by atoms with van der Waals surface area (Å²) >= 11 is 0. The first-order valence-electron chi connectivity index (χ1n) is 6.05. The van der Waals surface area contributed by atoms with Crippen molar-refractivity contribution >= 4 is 11.5 Å². The molecule has 0 saturated heterocycles. The largest absolute Gasteiger partial charge is 0.363 e. The zero-order chi connectivity index (χ0) is 13.2. The Kier molecular flexibility index (Phi) is 2.87. The van der Waals surface area contributed by atoms with Crippen LogP contribution in [0.3, 0.4) is 0 Å². The Morgan fingerprint density at radius 1 is 1.26 bits per heavy atom. The van der Waals surface area contributed by atoms with Crippen molar-refractivity contribution in [1.29, 1.82) is 0 Å². The van der Waals surface area contributed by atoms with Gasteiger partial charge in [0.2, 0.25) is 0 Å². The van der Waals surface area contributed by atoms with Crippen LogP contribution in [-0.4, -0.2) is 14.6 Å². The molecule has 2 aromatic heterocycles. The maximum atomic E-state index is 13.2. The van der Waals surface area contributed by atoms with Crippen LogP contribution in [0.4, 0.5) is 10.2 Å². The van der Waals surface area contributed by atoms with Gasteiger partial charge in [-0.1, -0.05) is 12.1 Å². The quantitative estimate of drug-likeness (QED) is 0.783. The number of benzene rings is 1. The second-order valence-corrected chi connectivity index (χ2v) is 4.37. The Balaban J connectivity index is 1.83. The highest BCUT2D eigenvalue weighted by atomic mass is 19.1. The molecule has 0 bridgehead atoms. The highest BCUT2D eigenvalue weighted by molar-refractivity contribution is 5.46. The van der Waals surface area contributed by atoms with Crippen LogP contribution in [0, 0.1) is 5.82 Å². The maximum Gasteiger partial charge on any atom is 0.157 e. The van der Waals surface area contributed by atoms with E-state index in [1.165, 1.54) is 12.1 Å². The van der Waals surface area contributed by atoms with Crippen molar-refractivity contribution < 1.29 is 4.39 Å². The predicted molar refractivity (Wildman–Crippen MR) is 71.4 cm³/mol. The molecule has 1 atom stereocenters. The summed E-state index contributed by atoms with van der Waals surface area (Å²) in [5, 5.41) is 7.33. The standard InChI is InChI=1S/C14H13FN4/c1-10(11-3-2-4-12(15)9-11)17-13-6-8-19-14(18-13)5-7-16-19/h2-10H,1H3,(H,17,18). The summed E-state index contributed by atoms with van der Waals surface area (Å²) in [6.07, 6.45) is 3.53. The van der Waals surface area contributed by atoms with E-state index in [9.17, 15) is 4.39 Å². The number of nitrogens with one attached hydrogen (secondary N) is 1. The van der Waals surface area contributed by atoms with E-state index in [2.05, 4.69) is 15.4 Å². The van der Waals surface area contributed by atoms with Crippen molar-refractivity contribution in [2.24, 2.45) is 0 Å². The number of anilines is 1. The molecule has 1 N–H and O–H groups in total. The highest BCUT2D eigenvalue weighted by Gasteiger charge is 2.07. The molecule has 5 heteroatoms. The van der Waals surface area contributed by atoms with Crippen LogP contribution in [0.5, 0.6) is 0 Å². The number of fused-ring (bicyclic) bond motifs is 1. The Labute approximate surface area is 109 Å². The molecule has 0 amide bonds. The first-order chi connectivity index (χ1) is 9.22. The number of rotatable bonds is 3. The monoisotopic (exact) mass is 256 g/mol. The fraction of sp³-hybridized carbons (Fsp3) is 0.143. The predicted octanol–water partition coefficient (Wildman–Crippen LogP) is 3.04. The first-order valence-corrected chi connectivity index (χ1v) is 6.05. The van der Waals surface area contributed by atoms with E-state index in [4.69, 9.17) is 0 Å². The number of nitrogens with zero attached hydrogens (tertiary/aromatic N) is 3. The number of halogens is 1. The molecule has 96 valence electrons. The third kappa shape index (κ3) is 2.40. The molecule has 1 unspecified atom stereocenters. The Bertz CT molecular complexity index is 707. The van der Waals surface area contributed by atoms with Crippen LogP contribution < -0.4 is 5.32 Å². The second kappa shape index (κ2) is 4.68. The van der Waals surface area contributed by atoms with E-state index in [1.807, 2.05) is 31.3 Å². The van der Waals surface area contributed by atoms with Gasteiger partial charge in [0.25, 0.3) is 0 Å². The molecule has 0 fully saturated rings. The van der Waals surface area contributed by atoms with Gasteiger partial charge in [0.15, 0.2) is 5.65 Å². The first kappa shape index (κ1) is 11.6. The van der Waals surface area contributed by atoms with Gasteiger partial charge >= 0.3 is 0 Å². The van der Waals surface area contributed by atoms with Crippen LogP contribution in [0.15, 0.2) is 48.8 Å². The van der Waals surface area contributed by atoms with Crippen LogP contribution >= 0.6 is 0 Å². The van der Waals surface area contributed by atoms with Crippen molar-refractivity contribution in [2.45, 2.75) is 13.0 Å². The Hall–Kier alpha value is -2.43. The molecule has 1 aromatic carbocycles. The minimum Gasteiger partial charge on any atom is -0.363 e. The molecule has 0 radical (unpaired) electrons. The van der Waals surface area contributed by atoms with Gasteiger partial charge in [-0.3, -0.25) is 0 Å². The van der Waals surface area contributed by atoms with E-state index in [0.717, 1.165) is 17.0 Å².